The van der Waals surface area contributed by atoms with Gasteiger partial charge in [-0.1, -0.05) is 35.3 Å². The summed E-state index contributed by atoms with van der Waals surface area (Å²) in [5.41, 5.74) is 7.01. The largest absolute Gasteiger partial charge is 0.496 e. The summed E-state index contributed by atoms with van der Waals surface area (Å²) < 4.78 is 10.3. The molecule has 0 aliphatic carbocycles. The second-order valence-corrected chi connectivity index (χ2v) is 5.12. The van der Waals surface area contributed by atoms with Crippen molar-refractivity contribution in [2.24, 2.45) is 0 Å². The zero-order valence-corrected chi connectivity index (χ0v) is 12.7. The zero-order chi connectivity index (χ0) is 15.4. The third kappa shape index (κ3) is 3.80. The van der Waals surface area contributed by atoms with Crippen LogP contribution in [-0.4, -0.2) is 13.1 Å². The number of nitrogen functional groups attached to an aromatic ring is 1. The third-order valence-electron chi connectivity index (χ3n) is 2.80. The molecule has 0 spiro atoms. The molecule has 2 N–H and O–H groups in total. The Morgan fingerprint density at radius 1 is 1.24 bits per heavy atom. The van der Waals surface area contributed by atoms with Crippen LogP contribution in [0.25, 0.3) is 0 Å². The van der Waals surface area contributed by atoms with Crippen molar-refractivity contribution in [1.29, 1.82) is 0 Å². The number of halogens is 2. The monoisotopic (exact) mass is 325 g/mol. The number of methoxy groups -OCH3 is 1. The zero-order valence-electron chi connectivity index (χ0n) is 11.2. The molecule has 0 unspecified atom stereocenters. The van der Waals surface area contributed by atoms with E-state index < -0.39 is 5.97 Å². The number of ether oxygens (including phenoxy) is 2. The lowest BCUT2D eigenvalue weighted by molar-refractivity contribution is 0.0469. The minimum absolute atomic E-state index is 0.102. The Morgan fingerprint density at radius 2 is 2.00 bits per heavy atom. The first kappa shape index (κ1) is 15.5. The molecule has 0 saturated heterocycles. The summed E-state index contributed by atoms with van der Waals surface area (Å²) in [6.45, 7) is 0.102. The van der Waals surface area contributed by atoms with E-state index in [1.807, 2.05) is 6.07 Å². The molecule has 4 nitrogen and oxygen atoms in total. The van der Waals surface area contributed by atoms with Crippen LogP contribution in [-0.2, 0) is 11.3 Å². The fourth-order valence-electron chi connectivity index (χ4n) is 1.75. The van der Waals surface area contributed by atoms with E-state index in [0.717, 1.165) is 5.56 Å². The van der Waals surface area contributed by atoms with Gasteiger partial charge in [-0.05, 0) is 23.8 Å². The molecule has 2 aromatic rings. The first-order valence-electron chi connectivity index (χ1n) is 6.06. The number of hydrogen-bond acceptors (Lipinski definition) is 4. The molecule has 0 fully saturated rings. The van der Waals surface area contributed by atoms with Crippen LogP contribution in [0.3, 0.4) is 0 Å². The smallest absolute Gasteiger partial charge is 0.342 e. The van der Waals surface area contributed by atoms with Crippen molar-refractivity contribution in [2.75, 3.05) is 12.8 Å². The topological polar surface area (TPSA) is 61.5 Å². The Morgan fingerprint density at radius 3 is 2.67 bits per heavy atom. The summed E-state index contributed by atoms with van der Waals surface area (Å²) >= 11 is 11.8. The maximum atomic E-state index is 12.1. The van der Waals surface area contributed by atoms with Crippen LogP contribution in [0.2, 0.25) is 10.0 Å². The van der Waals surface area contributed by atoms with Gasteiger partial charge in [0.1, 0.15) is 17.9 Å². The van der Waals surface area contributed by atoms with E-state index in [9.17, 15) is 4.79 Å². The molecule has 6 heteroatoms. The van der Waals surface area contributed by atoms with E-state index in [4.69, 9.17) is 38.4 Å². The number of anilines is 1. The second-order valence-electron chi connectivity index (χ2n) is 4.28. The summed E-state index contributed by atoms with van der Waals surface area (Å²) in [7, 11) is 1.44. The third-order valence-corrected chi connectivity index (χ3v) is 3.36. The van der Waals surface area contributed by atoms with Crippen molar-refractivity contribution in [1.82, 2.24) is 0 Å². The second kappa shape index (κ2) is 6.70. The molecule has 0 atom stereocenters. The van der Waals surface area contributed by atoms with Crippen LogP contribution in [0, 0.1) is 0 Å². The van der Waals surface area contributed by atoms with Gasteiger partial charge >= 0.3 is 5.97 Å². The van der Waals surface area contributed by atoms with Gasteiger partial charge in [0.2, 0.25) is 0 Å². The maximum absolute atomic E-state index is 12.1. The molecule has 2 aromatic carbocycles. The predicted molar refractivity (Wildman–Crippen MR) is 83.0 cm³/mol. The van der Waals surface area contributed by atoms with Gasteiger partial charge in [0.15, 0.2) is 0 Å². The fourth-order valence-corrected chi connectivity index (χ4v) is 2.13. The summed E-state index contributed by atoms with van der Waals surface area (Å²) in [6, 6.07) is 9.98. The molecule has 0 bridgehead atoms. The fraction of sp³-hybridized carbons (Fsp3) is 0.133. The Kier molecular flexibility index (Phi) is 4.94. The number of carbonyl (C=O) groups excluding carboxylic acids is 1. The van der Waals surface area contributed by atoms with Crippen molar-refractivity contribution in [2.45, 2.75) is 6.61 Å². The first-order chi connectivity index (χ1) is 10.0. The van der Waals surface area contributed by atoms with Crippen molar-refractivity contribution < 1.29 is 14.3 Å². The quantitative estimate of drug-likeness (QED) is 0.683. The summed E-state index contributed by atoms with van der Waals surface area (Å²) in [5, 5.41) is 0.849. The number of carbonyl (C=O) groups is 1. The van der Waals surface area contributed by atoms with Crippen LogP contribution in [0.5, 0.6) is 5.75 Å². The standard InChI is InChI=1S/C15H13Cl2NO3/c1-20-14-7-13(18)12(17)6-11(14)15(19)21-8-9-3-2-4-10(16)5-9/h2-7H,8,18H2,1H3. The highest BCUT2D eigenvalue weighted by atomic mass is 35.5. The van der Waals surface area contributed by atoms with Gasteiger partial charge < -0.3 is 15.2 Å². The number of rotatable bonds is 4. The lowest BCUT2D eigenvalue weighted by atomic mass is 10.2. The van der Waals surface area contributed by atoms with Crippen LogP contribution in [0.15, 0.2) is 36.4 Å². The number of hydrogen-bond donors (Lipinski definition) is 1. The molecule has 0 aliphatic rings. The minimum atomic E-state index is -0.547. The summed E-state index contributed by atoms with van der Waals surface area (Å²) in [6.07, 6.45) is 0. The molecule has 0 radical (unpaired) electrons. The van der Waals surface area contributed by atoms with Crippen molar-refractivity contribution in [3.8, 4) is 5.75 Å². The average molecular weight is 326 g/mol. The molecule has 2 rings (SSSR count). The van der Waals surface area contributed by atoms with Crippen LogP contribution >= 0.6 is 23.2 Å². The molecule has 0 aliphatic heterocycles. The lowest BCUT2D eigenvalue weighted by Crippen LogP contribution is -2.08. The minimum Gasteiger partial charge on any atom is -0.496 e. The predicted octanol–water partition coefficient (Wildman–Crippen LogP) is 3.94. The average Bonchev–Trinajstić information content (AvgIpc) is 2.47. The molecular weight excluding hydrogens is 313 g/mol. The van der Waals surface area contributed by atoms with Gasteiger partial charge in [0, 0.05) is 11.1 Å². The highest BCUT2D eigenvalue weighted by molar-refractivity contribution is 6.33. The van der Waals surface area contributed by atoms with Gasteiger partial charge in [0.05, 0.1) is 17.8 Å². The van der Waals surface area contributed by atoms with E-state index in [1.54, 1.807) is 18.2 Å². The van der Waals surface area contributed by atoms with E-state index in [-0.39, 0.29) is 17.2 Å². The molecular formula is C15H13Cl2NO3. The molecule has 0 saturated carbocycles. The molecule has 110 valence electrons. The van der Waals surface area contributed by atoms with Crippen molar-refractivity contribution in [3.63, 3.8) is 0 Å². The van der Waals surface area contributed by atoms with Gasteiger partial charge in [-0.15, -0.1) is 0 Å². The number of nitrogens with two attached hydrogens (primary N) is 1. The number of esters is 1. The van der Waals surface area contributed by atoms with Crippen LogP contribution in [0.1, 0.15) is 15.9 Å². The van der Waals surface area contributed by atoms with Gasteiger partial charge in [0.25, 0.3) is 0 Å². The van der Waals surface area contributed by atoms with Gasteiger partial charge in [-0.3, -0.25) is 0 Å². The van der Waals surface area contributed by atoms with E-state index in [1.165, 1.54) is 19.2 Å². The Bertz CT molecular complexity index is 674. The summed E-state index contributed by atoms with van der Waals surface area (Å²) in [4.78, 5) is 12.1. The summed E-state index contributed by atoms with van der Waals surface area (Å²) in [5.74, 6) is -0.235. The Labute approximate surface area is 132 Å². The highest BCUT2D eigenvalue weighted by Gasteiger charge is 2.16. The molecule has 0 heterocycles. The van der Waals surface area contributed by atoms with E-state index >= 15 is 0 Å². The molecule has 0 aromatic heterocycles. The number of benzene rings is 2. The molecule has 21 heavy (non-hydrogen) atoms. The van der Waals surface area contributed by atoms with E-state index in [2.05, 4.69) is 0 Å². The Hall–Kier alpha value is -1.91. The van der Waals surface area contributed by atoms with E-state index in [0.29, 0.717) is 16.5 Å². The first-order valence-corrected chi connectivity index (χ1v) is 6.81. The maximum Gasteiger partial charge on any atom is 0.342 e. The van der Waals surface area contributed by atoms with Crippen molar-refractivity contribution >= 4 is 34.9 Å². The lowest BCUT2D eigenvalue weighted by Gasteiger charge is -2.11. The van der Waals surface area contributed by atoms with Gasteiger partial charge in [-0.25, -0.2) is 4.79 Å². The van der Waals surface area contributed by atoms with Crippen LogP contribution in [0.4, 0.5) is 5.69 Å². The normalized spacial score (nSPS) is 10.2. The molecule has 0 amide bonds. The van der Waals surface area contributed by atoms with Crippen molar-refractivity contribution in [3.05, 3.63) is 57.6 Å². The van der Waals surface area contributed by atoms with Crippen LogP contribution < -0.4 is 10.5 Å². The Balaban J connectivity index is 2.15. The van der Waals surface area contributed by atoms with Gasteiger partial charge in [-0.2, -0.15) is 0 Å². The SMILES string of the molecule is COc1cc(N)c(Cl)cc1C(=O)OCc1cccc(Cl)c1. The highest BCUT2D eigenvalue weighted by Crippen LogP contribution is 2.29.